The lowest BCUT2D eigenvalue weighted by molar-refractivity contribution is -0.115. The highest BCUT2D eigenvalue weighted by atomic mass is 35.5. The van der Waals surface area contributed by atoms with Crippen molar-refractivity contribution >= 4 is 34.8 Å². The predicted octanol–water partition coefficient (Wildman–Crippen LogP) is 4.59. The standard InChI is InChI=1S/C17H18Cl2N2O/c1-11-6-7-15(19)9-16(11)21-17(22)10-20-12(2)13-4-3-5-14(18)8-13/h3-9,12,20H,10H2,1-2H3,(H,21,22)/t12-/m1/s1. The molecule has 0 saturated carbocycles. The summed E-state index contributed by atoms with van der Waals surface area (Å²) in [4.78, 5) is 12.0. The van der Waals surface area contributed by atoms with E-state index in [0.717, 1.165) is 16.8 Å². The van der Waals surface area contributed by atoms with E-state index < -0.39 is 0 Å². The van der Waals surface area contributed by atoms with E-state index in [1.165, 1.54) is 0 Å². The molecule has 0 heterocycles. The van der Waals surface area contributed by atoms with Crippen molar-refractivity contribution in [1.82, 2.24) is 5.32 Å². The van der Waals surface area contributed by atoms with Crippen molar-refractivity contribution in [3.63, 3.8) is 0 Å². The Morgan fingerprint density at radius 1 is 1.14 bits per heavy atom. The van der Waals surface area contributed by atoms with E-state index in [4.69, 9.17) is 23.2 Å². The summed E-state index contributed by atoms with van der Waals surface area (Å²) in [6.07, 6.45) is 0. The van der Waals surface area contributed by atoms with Gasteiger partial charge in [0.2, 0.25) is 5.91 Å². The summed E-state index contributed by atoms with van der Waals surface area (Å²) < 4.78 is 0. The SMILES string of the molecule is Cc1ccc(Cl)cc1NC(=O)CN[C@H](C)c1cccc(Cl)c1. The Morgan fingerprint density at radius 2 is 1.86 bits per heavy atom. The third-order valence-corrected chi connectivity index (χ3v) is 3.86. The van der Waals surface area contributed by atoms with Gasteiger partial charge in [-0.2, -0.15) is 0 Å². The van der Waals surface area contributed by atoms with E-state index in [0.29, 0.717) is 10.0 Å². The highest BCUT2D eigenvalue weighted by molar-refractivity contribution is 6.31. The third kappa shape index (κ3) is 4.73. The normalized spacial score (nSPS) is 12.0. The summed E-state index contributed by atoms with van der Waals surface area (Å²) in [5.74, 6) is -0.112. The van der Waals surface area contributed by atoms with E-state index in [1.54, 1.807) is 12.1 Å². The number of carbonyl (C=O) groups is 1. The molecule has 0 unspecified atom stereocenters. The molecule has 0 spiro atoms. The fourth-order valence-electron chi connectivity index (χ4n) is 2.06. The number of nitrogens with one attached hydrogen (secondary N) is 2. The van der Waals surface area contributed by atoms with Gasteiger partial charge in [0.15, 0.2) is 0 Å². The van der Waals surface area contributed by atoms with E-state index in [9.17, 15) is 4.79 Å². The summed E-state index contributed by atoms with van der Waals surface area (Å²) in [6.45, 7) is 4.12. The second-order valence-electron chi connectivity index (χ2n) is 5.17. The summed E-state index contributed by atoms with van der Waals surface area (Å²) in [7, 11) is 0. The summed E-state index contributed by atoms with van der Waals surface area (Å²) in [6, 6.07) is 13.0. The van der Waals surface area contributed by atoms with Gasteiger partial charge in [0, 0.05) is 21.8 Å². The van der Waals surface area contributed by atoms with E-state index in [2.05, 4.69) is 10.6 Å². The van der Waals surface area contributed by atoms with Gasteiger partial charge in [-0.3, -0.25) is 4.79 Å². The molecule has 3 nitrogen and oxygen atoms in total. The number of amides is 1. The maximum atomic E-state index is 12.0. The first-order chi connectivity index (χ1) is 10.5. The van der Waals surface area contributed by atoms with E-state index in [-0.39, 0.29) is 18.5 Å². The van der Waals surface area contributed by atoms with Gasteiger partial charge in [-0.1, -0.05) is 41.4 Å². The number of hydrogen-bond donors (Lipinski definition) is 2. The van der Waals surface area contributed by atoms with Crippen LogP contribution >= 0.6 is 23.2 Å². The molecule has 0 saturated heterocycles. The molecule has 0 aliphatic rings. The molecule has 0 aliphatic carbocycles. The minimum Gasteiger partial charge on any atom is -0.325 e. The topological polar surface area (TPSA) is 41.1 Å². The lowest BCUT2D eigenvalue weighted by Gasteiger charge is -2.15. The second kappa shape index (κ2) is 7.63. The molecule has 116 valence electrons. The van der Waals surface area contributed by atoms with Crippen molar-refractivity contribution in [2.75, 3.05) is 11.9 Å². The van der Waals surface area contributed by atoms with Gasteiger partial charge < -0.3 is 10.6 Å². The van der Waals surface area contributed by atoms with Crippen LogP contribution < -0.4 is 10.6 Å². The second-order valence-corrected chi connectivity index (χ2v) is 6.04. The maximum Gasteiger partial charge on any atom is 0.238 e. The molecular weight excluding hydrogens is 319 g/mol. The fraction of sp³-hybridized carbons (Fsp3) is 0.235. The van der Waals surface area contributed by atoms with Gasteiger partial charge in [-0.15, -0.1) is 0 Å². The van der Waals surface area contributed by atoms with Crippen LogP contribution in [-0.4, -0.2) is 12.5 Å². The molecule has 1 atom stereocenters. The molecule has 0 bridgehead atoms. The fourth-order valence-corrected chi connectivity index (χ4v) is 2.43. The Morgan fingerprint density at radius 3 is 2.59 bits per heavy atom. The lowest BCUT2D eigenvalue weighted by Crippen LogP contribution is -2.30. The molecule has 0 radical (unpaired) electrons. The minimum absolute atomic E-state index is 0.0323. The molecule has 2 rings (SSSR count). The summed E-state index contributed by atoms with van der Waals surface area (Å²) in [5.41, 5.74) is 2.74. The average Bonchev–Trinajstić information content (AvgIpc) is 2.48. The Bertz CT molecular complexity index is 673. The van der Waals surface area contributed by atoms with Crippen molar-refractivity contribution in [2.24, 2.45) is 0 Å². The molecule has 0 aromatic heterocycles. The Balaban J connectivity index is 1.91. The smallest absolute Gasteiger partial charge is 0.238 e. The highest BCUT2D eigenvalue weighted by Gasteiger charge is 2.09. The first-order valence-electron chi connectivity index (χ1n) is 7.00. The third-order valence-electron chi connectivity index (χ3n) is 3.39. The maximum absolute atomic E-state index is 12.0. The van der Waals surface area contributed by atoms with Crippen molar-refractivity contribution in [3.05, 3.63) is 63.6 Å². The minimum atomic E-state index is -0.112. The van der Waals surface area contributed by atoms with Crippen LogP contribution in [0.15, 0.2) is 42.5 Å². The monoisotopic (exact) mass is 336 g/mol. The number of aryl methyl sites for hydroxylation is 1. The quantitative estimate of drug-likeness (QED) is 0.838. The zero-order chi connectivity index (χ0) is 16.1. The van der Waals surface area contributed by atoms with Crippen molar-refractivity contribution < 1.29 is 4.79 Å². The number of anilines is 1. The van der Waals surface area contributed by atoms with Gasteiger partial charge in [0.1, 0.15) is 0 Å². The molecule has 2 aromatic rings. The first-order valence-corrected chi connectivity index (χ1v) is 7.76. The Kier molecular flexibility index (Phi) is 5.83. The largest absolute Gasteiger partial charge is 0.325 e. The number of halogens is 2. The zero-order valence-corrected chi connectivity index (χ0v) is 14.0. The van der Waals surface area contributed by atoms with Gasteiger partial charge in [-0.25, -0.2) is 0 Å². The van der Waals surface area contributed by atoms with Crippen LogP contribution in [0.3, 0.4) is 0 Å². The molecule has 22 heavy (non-hydrogen) atoms. The van der Waals surface area contributed by atoms with Gasteiger partial charge >= 0.3 is 0 Å². The van der Waals surface area contributed by atoms with Gasteiger partial charge in [0.05, 0.1) is 6.54 Å². The molecule has 2 N–H and O–H groups in total. The average molecular weight is 337 g/mol. The number of rotatable bonds is 5. The lowest BCUT2D eigenvalue weighted by atomic mass is 10.1. The van der Waals surface area contributed by atoms with Gasteiger partial charge in [0.25, 0.3) is 0 Å². The van der Waals surface area contributed by atoms with Gasteiger partial charge in [-0.05, 0) is 49.2 Å². The van der Waals surface area contributed by atoms with E-state index in [1.807, 2.05) is 44.2 Å². The van der Waals surface area contributed by atoms with Crippen LogP contribution in [0.1, 0.15) is 24.1 Å². The molecule has 2 aromatic carbocycles. The van der Waals surface area contributed by atoms with Crippen LogP contribution in [0.25, 0.3) is 0 Å². The molecule has 0 fully saturated rings. The Labute approximate surface area is 140 Å². The highest BCUT2D eigenvalue weighted by Crippen LogP contribution is 2.20. The molecule has 0 aliphatic heterocycles. The van der Waals surface area contributed by atoms with Crippen LogP contribution in [0.4, 0.5) is 5.69 Å². The molecule has 1 amide bonds. The molecular formula is C17H18Cl2N2O. The molecule has 5 heteroatoms. The van der Waals surface area contributed by atoms with Crippen LogP contribution in [0.5, 0.6) is 0 Å². The number of benzene rings is 2. The van der Waals surface area contributed by atoms with Crippen molar-refractivity contribution in [1.29, 1.82) is 0 Å². The summed E-state index contributed by atoms with van der Waals surface area (Å²) >= 11 is 11.9. The van der Waals surface area contributed by atoms with Crippen LogP contribution in [-0.2, 0) is 4.79 Å². The van der Waals surface area contributed by atoms with Crippen LogP contribution in [0.2, 0.25) is 10.0 Å². The number of hydrogen-bond acceptors (Lipinski definition) is 2. The van der Waals surface area contributed by atoms with E-state index >= 15 is 0 Å². The van der Waals surface area contributed by atoms with Crippen molar-refractivity contribution in [2.45, 2.75) is 19.9 Å². The van der Waals surface area contributed by atoms with Crippen molar-refractivity contribution in [3.8, 4) is 0 Å². The van der Waals surface area contributed by atoms with Crippen LogP contribution in [0, 0.1) is 6.92 Å². The number of carbonyl (C=O) groups excluding carboxylic acids is 1. The summed E-state index contributed by atoms with van der Waals surface area (Å²) in [5, 5.41) is 7.32. The Hall–Kier alpha value is -1.55. The predicted molar refractivity (Wildman–Crippen MR) is 92.7 cm³/mol. The zero-order valence-electron chi connectivity index (χ0n) is 12.5. The first kappa shape index (κ1) is 16.8.